The lowest BCUT2D eigenvalue weighted by Gasteiger charge is -2.20. The Balaban J connectivity index is 1.50. The zero-order chi connectivity index (χ0) is 25.1. The molecule has 180 valence electrons. The number of nitriles is 1. The maximum absolute atomic E-state index is 12.2. The van der Waals surface area contributed by atoms with Crippen LogP contribution in [0.1, 0.15) is 48.3 Å². The molecule has 5 aromatic rings. The van der Waals surface area contributed by atoms with E-state index in [0.717, 1.165) is 39.0 Å². The summed E-state index contributed by atoms with van der Waals surface area (Å²) in [6, 6.07) is 24.0. The Morgan fingerprint density at radius 1 is 1.06 bits per heavy atom. The van der Waals surface area contributed by atoms with Gasteiger partial charge in [-0.05, 0) is 60.9 Å². The van der Waals surface area contributed by atoms with Crippen molar-refractivity contribution in [2.24, 2.45) is 7.05 Å². The number of nitrogens with zero attached hydrogens (tertiary/aromatic N) is 5. The molecular weight excluding hydrogens is 450 g/mol. The Morgan fingerprint density at radius 3 is 2.64 bits per heavy atom. The minimum absolute atomic E-state index is 0.0878. The van der Waals surface area contributed by atoms with Crippen LogP contribution in [-0.4, -0.2) is 31.7 Å². The van der Waals surface area contributed by atoms with Gasteiger partial charge in [0.2, 0.25) is 0 Å². The third-order valence-corrected chi connectivity index (χ3v) is 6.57. The monoisotopic (exact) mass is 477 g/mol. The molecule has 0 saturated heterocycles. The quantitative estimate of drug-likeness (QED) is 0.282. The van der Waals surface area contributed by atoms with E-state index in [1.54, 1.807) is 0 Å². The second kappa shape index (κ2) is 10.0. The van der Waals surface area contributed by atoms with Gasteiger partial charge in [0.15, 0.2) is 0 Å². The number of ether oxygens (including phenoxy) is 1. The largest absolute Gasteiger partial charge is 0.466 e. The SMILES string of the molecule is CCOC(=O)CCC(c1ccc2c(c1)nc(Cc1ccc(C#N)cc1)n2C)n1cnc2ccccc21. The molecule has 1 unspecified atom stereocenters. The van der Waals surface area contributed by atoms with Gasteiger partial charge in [-0.25, -0.2) is 9.97 Å². The first-order valence-electron chi connectivity index (χ1n) is 12.1. The fourth-order valence-corrected chi connectivity index (χ4v) is 4.69. The molecule has 3 aromatic carbocycles. The van der Waals surface area contributed by atoms with Gasteiger partial charge in [0.25, 0.3) is 0 Å². The fourth-order valence-electron chi connectivity index (χ4n) is 4.69. The first kappa shape index (κ1) is 23.3. The van der Waals surface area contributed by atoms with E-state index in [-0.39, 0.29) is 12.0 Å². The van der Waals surface area contributed by atoms with Crippen molar-refractivity contribution in [3.8, 4) is 6.07 Å². The molecule has 2 aromatic heterocycles. The summed E-state index contributed by atoms with van der Waals surface area (Å²) in [7, 11) is 2.02. The molecule has 0 spiro atoms. The fraction of sp³-hybridized carbons (Fsp3) is 0.241. The summed E-state index contributed by atoms with van der Waals surface area (Å²) in [5.74, 6) is 0.749. The Labute approximate surface area is 209 Å². The minimum Gasteiger partial charge on any atom is -0.466 e. The van der Waals surface area contributed by atoms with E-state index < -0.39 is 0 Å². The van der Waals surface area contributed by atoms with E-state index in [4.69, 9.17) is 15.0 Å². The van der Waals surface area contributed by atoms with Crippen LogP contribution in [0.2, 0.25) is 0 Å². The van der Waals surface area contributed by atoms with Crippen LogP contribution in [0.4, 0.5) is 0 Å². The van der Waals surface area contributed by atoms with Crippen molar-refractivity contribution in [3.63, 3.8) is 0 Å². The van der Waals surface area contributed by atoms with Crippen molar-refractivity contribution in [3.05, 3.63) is 95.6 Å². The summed E-state index contributed by atoms with van der Waals surface area (Å²) in [6.45, 7) is 2.20. The molecule has 0 amide bonds. The van der Waals surface area contributed by atoms with Gasteiger partial charge in [-0.2, -0.15) is 5.26 Å². The van der Waals surface area contributed by atoms with Crippen LogP contribution in [-0.2, 0) is 23.0 Å². The molecule has 5 rings (SSSR count). The number of carbonyl (C=O) groups excluding carboxylic acids is 1. The molecule has 0 radical (unpaired) electrons. The Morgan fingerprint density at radius 2 is 1.86 bits per heavy atom. The highest BCUT2D eigenvalue weighted by Crippen LogP contribution is 2.30. The summed E-state index contributed by atoms with van der Waals surface area (Å²) in [5, 5.41) is 9.05. The van der Waals surface area contributed by atoms with E-state index in [9.17, 15) is 4.79 Å². The first-order chi connectivity index (χ1) is 17.6. The predicted molar refractivity (Wildman–Crippen MR) is 138 cm³/mol. The highest BCUT2D eigenvalue weighted by Gasteiger charge is 2.20. The molecule has 0 saturated carbocycles. The number of esters is 1. The molecular formula is C29H27N5O2. The van der Waals surface area contributed by atoms with Crippen molar-refractivity contribution >= 4 is 28.0 Å². The summed E-state index contributed by atoms with van der Waals surface area (Å²) in [5.41, 5.74) is 6.71. The first-order valence-corrected chi connectivity index (χ1v) is 12.1. The lowest BCUT2D eigenvalue weighted by molar-refractivity contribution is -0.143. The molecule has 0 N–H and O–H groups in total. The summed E-state index contributed by atoms with van der Waals surface area (Å²) < 4.78 is 9.44. The van der Waals surface area contributed by atoms with Gasteiger partial charge in [-0.3, -0.25) is 4.79 Å². The molecule has 0 fully saturated rings. The predicted octanol–water partition coefficient (Wildman–Crippen LogP) is 5.32. The van der Waals surface area contributed by atoms with Crippen LogP contribution < -0.4 is 0 Å². The number of aromatic nitrogens is 4. The highest BCUT2D eigenvalue weighted by atomic mass is 16.5. The van der Waals surface area contributed by atoms with Crippen molar-refractivity contribution in [1.29, 1.82) is 5.26 Å². The summed E-state index contributed by atoms with van der Waals surface area (Å²) in [6.07, 6.45) is 3.43. The summed E-state index contributed by atoms with van der Waals surface area (Å²) in [4.78, 5) is 21.7. The third-order valence-electron chi connectivity index (χ3n) is 6.57. The maximum Gasteiger partial charge on any atom is 0.305 e. The molecule has 7 nitrogen and oxygen atoms in total. The minimum atomic E-state index is -0.199. The van der Waals surface area contributed by atoms with E-state index in [1.807, 2.05) is 62.8 Å². The number of benzene rings is 3. The number of carbonyl (C=O) groups is 1. The van der Waals surface area contributed by atoms with Crippen LogP contribution in [0.3, 0.4) is 0 Å². The molecule has 0 aliphatic rings. The number of imidazole rings is 2. The molecule has 0 bridgehead atoms. The van der Waals surface area contributed by atoms with Crippen LogP contribution in [0.5, 0.6) is 0 Å². The van der Waals surface area contributed by atoms with Gasteiger partial charge in [0.1, 0.15) is 5.82 Å². The van der Waals surface area contributed by atoms with E-state index >= 15 is 0 Å². The molecule has 36 heavy (non-hydrogen) atoms. The van der Waals surface area contributed by atoms with E-state index in [0.29, 0.717) is 31.4 Å². The average molecular weight is 478 g/mol. The average Bonchev–Trinajstić information content (AvgIpc) is 3.46. The van der Waals surface area contributed by atoms with Crippen molar-refractivity contribution in [2.45, 2.75) is 32.2 Å². The zero-order valence-electron chi connectivity index (χ0n) is 20.4. The number of hydrogen-bond acceptors (Lipinski definition) is 5. The van der Waals surface area contributed by atoms with Gasteiger partial charge in [0, 0.05) is 19.9 Å². The molecule has 0 aliphatic heterocycles. The number of para-hydroxylation sites is 2. The lowest BCUT2D eigenvalue weighted by atomic mass is 10.0. The third kappa shape index (κ3) is 4.58. The van der Waals surface area contributed by atoms with Crippen LogP contribution in [0, 0.1) is 11.3 Å². The Kier molecular flexibility index (Phi) is 6.50. The highest BCUT2D eigenvalue weighted by molar-refractivity contribution is 5.78. The molecule has 7 heteroatoms. The number of fused-ring (bicyclic) bond motifs is 2. The van der Waals surface area contributed by atoms with Gasteiger partial charge in [0.05, 0.1) is 52.7 Å². The molecule has 2 heterocycles. The second-order valence-electron chi connectivity index (χ2n) is 8.82. The maximum atomic E-state index is 12.2. The van der Waals surface area contributed by atoms with Gasteiger partial charge < -0.3 is 13.9 Å². The number of hydrogen-bond donors (Lipinski definition) is 0. The standard InChI is InChI=1S/C29H27N5O2/c1-3-36-29(35)15-14-25(34-19-31-23-6-4-5-7-27(23)34)22-12-13-26-24(17-22)32-28(33(26)2)16-20-8-10-21(18-30)11-9-20/h4-13,17,19,25H,3,14-16H2,1-2H3. The normalized spacial score (nSPS) is 12.0. The Bertz CT molecular complexity index is 1570. The van der Waals surface area contributed by atoms with E-state index in [1.165, 1.54) is 0 Å². The Hall–Kier alpha value is -4.44. The molecule has 1 atom stereocenters. The summed E-state index contributed by atoms with van der Waals surface area (Å²) >= 11 is 0. The van der Waals surface area contributed by atoms with Crippen LogP contribution in [0.15, 0.2) is 73.1 Å². The lowest BCUT2D eigenvalue weighted by Crippen LogP contribution is -2.13. The topological polar surface area (TPSA) is 85.7 Å². The van der Waals surface area contributed by atoms with Crippen LogP contribution in [0.25, 0.3) is 22.1 Å². The smallest absolute Gasteiger partial charge is 0.305 e. The van der Waals surface area contributed by atoms with Crippen LogP contribution >= 0.6 is 0 Å². The number of aryl methyl sites for hydroxylation is 1. The van der Waals surface area contributed by atoms with Gasteiger partial charge >= 0.3 is 5.97 Å². The second-order valence-corrected chi connectivity index (χ2v) is 8.82. The van der Waals surface area contributed by atoms with Crippen molar-refractivity contribution < 1.29 is 9.53 Å². The van der Waals surface area contributed by atoms with Crippen molar-refractivity contribution in [2.75, 3.05) is 6.61 Å². The van der Waals surface area contributed by atoms with E-state index in [2.05, 4.69) is 44.5 Å². The van der Waals surface area contributed by atoms with Gasteiger partial charge in [-0.15, -0.1) is 0 Å². The van der Waals surface area contributed by atoms with Crippen molar-refractivity contribution in [1.82, 2.24) is 19.1 Å². The number of rotatable bonds is 8. The molecule has 0 aliphatic carbocycles. The van der Waals surface area contributed by atoms with Gasteiger partial charge in [-0.1, -0.05) is 30.3 Å². The zero-order valence-corrected chi connectivity index (χ0v) is 20.4.